The molecule has 0 radical (unpaired) electrons. The Labute approximate surface area is 138 Å². The minimum atomic E-state index is -1.05. The van der Waals surface area contributed by atoms with E-state index in [1.54, 1.807) is 31.2 Å². The first-order valence-corrected chi connectivity index (χ1v) is 7.22. The number of aliphatic carboxylic acids is 1. The lowest BCUT2D eigenvalue weighted by Gasteiger charge is -2.03. The zero-order chi connectivity index (χ0) is 17.5. The van der Waals surface area contributed by atoms with E-state index in [2.05, 4.69) is 10.2 Å². The summed E-state index contributed by atoms with van der Waals surface area (Å²) >= 11 is 0. The van der Waals surface area contributed by atoms with Gasteiger partial charge < -0.3 is 14.9 Å². The molecule has 2 aromatic rings. The molecule has 7 nitrogen and oxygen atoms in total. The van der Waals surface area contributed by atoms with Gasteiger partial charge in [-0.25, -0.2) is 4.79 Å². The van der Waals surface area contributed by atoms with Gasteiger partial charge in [-0.05, 0) is 49.4 Å². The number of nitrogens with zero attached hydrogens (tertiary/aromatic N) is 2. The van der Waals surface area contributed by atoms with Crippen molar-refractivity contribution in [1.82, 2.24) is 0 Å². The normalized spacial score (nSPS) is 10.7. The maximum Gasteiger partial charge on any atom is 0.338 e. The predicted molar refractivity (Wildman–Crippen MR) is 86.0 cm³/mol. The average molecular weight is 328 g/mol. The van der Waals surface area contributed by atoms with Crippen molar-refractivity contribution >= 4 is 23.3 Å². The molecule has 2 N–H and O–H groups in total. The van der Waals surface area contributed by atoms with Gasteiger partial charge in [0.2, 0.25) is 0 Å². The highest BCUT2D eigenvalue weighted by Gasteiger charge is 2.08. The molecule has 2 aromatic carbocycles. The summed E-state index contributed by atoms with van der Waals surface area (Å²) in [6, 6.07) is 10.8. The SMILES string of the molecule is CCOC(=O)c1ccc(/N=N/c2ccc(O)c(CC(=O)O)c2)cc1. The Morgan fingerprint density at radius 1 is 1.04 bits per heavy atom. The highest BCUT2D eigenvalue weighted by Crippen LogP contribution is 2.25. The Morgan fingerprint density at radius 2 is 1.67 bits per heavy atom. The zero-order valence-electron chi connectivity index (χ0n) is 13.0. The molecule has 0 fully saturated rings. The third kappa shape index (κ3) is 4.64. The summed E-state index contributed by atoms with van der Waals surface area (Å²) in [6.45, 7) is 2.04. The summed E-state index contributed by atoms with van der Waals surface area (Å²) in [5, 5.41) is 26.4. The zero-order valence-corrected chi connectivity index (χ0v) is 13.0. The van der Waals surface area contributed by atoms with Crippen molar-refractivity contribution in [3.8, 4) is 5.75 Å². The van der Waals surface area contributed by atoms with Crippen LogP contribution in [0.4, 0.5) is 11.4 Å². The Bertz CT molecular complexity index is 769. The van der Waals surface area contributed by atoms with E-state index in [-0.39, 0.29) is 17.7 Å². The third-order valence-corrected chi connectivity index (χ3v) is 3.06. The Morgan fingerprint density at radius 3 is 2.29 bits per heavy atom. The van der Waals surface area contributed by atoms with Gasteiger partial charge in [0.25, 0.3) is 0 Å². The van der Waals surface area contributed by atoms with Crippen LogP contribution in [0, 0.1) is 0 Å². The quantitative estimate of drug-likeness (QED) is 0.622. The van der Waals surface area contributed by atoms with Crippen LogP contribution in [0.5, 0.6) is 5.75 Å². The number of aromatic hydroxyl groups is 1. The largest absolute Gasteiger partial charge is 0.508 e. The molecule has 0 saturated carbocycles. The second-order valence-electron chi connectivity index (χ2n) is 4.85. The summed E-state index contributed by atoms with van der Waals surface area (Å²) in [4.78, 5) is 22.3. The molecule has 124 valence electrons. The van der Waals surface area contributed by atoms with Crippen molar-refractivity contribution in [1.29, 1.82) is 0 Å². The molecule has 24 heavy (non-hydrogen) atoms. The van der Waals surface area contributed by atoms with Crippen LogP contribution >= 0.6 is 0 Å². The first-order valence-electron chi connectivity index (χ1n) is 7.22. The van der Waals surface area contributed by atoms with Crippen molar-refractivity contribution in [2.75, 3.05) is 6.61 Å². The van der Waals surface area contributed by atoms with Gasteiger partial charge in [-0.2, -0.15) is 10.2 Å². The van der Waals surface area contributed by atoms with Gasteiger partial charge in [0, 0.05) is 5.56 Å². The van der Waals surface area contributed by atoms with Crippen LogP contribution < -0.4 is 0 Å². The standard InChI is InChI=1S/C17H16N2O5/c1-2-24-17(23)11-3-5-13(6-4-11)18-19-14-7-8-15(20)12(9-14)10-16(21)22/h3-9,20H,2,10H2,1H3,(H,21,22)/b19-18+. The van der Waals surface area contributed by atoms with Gasteiger partial charge in [0.05, 0.1) is 30.0 Å². The number of rotatable bonds is 6. The molecule has 0 spiro atoms. The number of carbonyl (C=O) groups excluding carboxylic acids is 1. The summed E-state index contributed by atoms with van der Waals surface area (Å²) in [5.41, 5.74) is 1.62. The van der Waals surface area contributed by atoms with Crippen LogP contribution in [-0.2, 0) is 16.0 Å². The summed E-state index contributed by atoms with van der Waals surface area (Å²) < 4.78 is 4.89. The van der Waals surface area contributed by atoms with Crippen molar-refractivity contribution in [2.45, 2.75) is 13.3 Å². The lowest BCUT2D eigenvalue weighted by Crippen LogP contribution is -2.03. The van der Waals surface area contributed by atoms with Gasteiger partial charge in [-0.15, -0.1) is 0 Å². The van der Waals surface area contributed by atoms with Crippen molar-refractivity contribution in [3.63, 3.8) is 0 Å². The third-order valence-electron chi connectivity index (χ3n) is 3.06. The van der Waals surface area contributed by atoms with Gasteiger partial charge in [-0.3, -0.25) is 4.79 Å². The van der Waals surface area contributed by atoms with Crippen LogP contribution in [0.2, 0.25) is 0 Å². The fourth-order valence-corrected chi connectivity index (χ4v) is 1.93. The fourth-order valence-electron chi connectivity index (χ4n) is 1.93. The Kier molecular flexibility index (Phi) is 5.62. The monoisotopic (exact) mass is 328 g/mol. The van der Waals surface area contributed by atoms with E-state index in [9.17, 15) is 14.7 Å². The smallest absolute Gasteiger partial charge is 0.338 e. The van der Waals surface area contributed by atoms with E-state index in [1.165, 1.54) is 18.2 Å². The van der Waals surface area contributed by atoms with Crippen LogP contribution in [0.3, 0.4) is 0 Å². The molecule has 0 aliphatic rings. The molecule has 0 aliphatic heterocycles. The molecule has 0 amide bonds. The molecule has 0 aliphatic carbocycles. The molecule has 7 heteroatoms. The van der Waals surface area contributed by atoms with E-state index >= 15 is 0 Å². The number of phenolic OH excluding ortho intramolecular Hbond substituents is 1. The summed E-state index contributed by atoms with van der Waals surface area (Å²) in [7, 11) is 0. The van der Waals surface area contributed by atoms with Gasteiger partial charge in [0.15, 0.2) is 0 Å². The molecule has 0 heterocycles. The number of carboxylic acids is 1. The number of ether oxygens (including phenoxy) is 1. The van der Waals surface area contributed by atoms with E-state index in [4.69, 9.17) is 9.84 Å². The Balaban J connectivity index is 2.13. The number of carboxylic acid groups (broad SMARTS) is 1. The second kappa shape index (κ2) is 7.87. The molecule has 0 atom stereocenters. The van der Waals surface area contributed by atoms with Crippen molar-refractivity contribution in [2.24, 2.45) is 10.2 Å². The van der Waals surface area contributed by atoms with Crippen molar-refractivity contribution < 1.29 is 24.5 Å². The number of esters is 1. The number of hydrogen-bond donors (Lipinski definition) is 2. The Hall–Kier alpha value is -3.22. The molecular weight excluding hydrogens is 312 g/mol. The first kappa shape index (κ1) is 17.1. The second-order valence-corrected chi connectivity index (χ2v) is 4.85. The van der Waals surface area contributed by atoms with Crippen LogP contribution in [0.1, 0.15) is 22.8 Å². The lowest BCUT2D eigenvalue weighted by atomic mass is 10.1. The van der Waals surface area contributed by atoms with Crippen LogP contribution in [0.15, 0.2) is 52.7 Å². The first-order chi connectivity index (χ1) is 11.5. The fraction of sp³-hybridized carbons (Fsp3) is 0.176. The van der Waals surface area contributed by atoms with Gasteiger partial charge in [-0.1, -0.05) is 0 Å². The molecule has 0 aromatic heterocycles. The van der Waals surface area contributed by atoms with Crippen LogP contribution in [0.25, 0.3) is 0 Å². The predicted octanol–water partition coefficient (Wildman–Crippen LogP) is 3.61. The number of phenols is 1. The van der Waals surface area contributed by atoms with E-state index in [0.717, 1.165) is 0 Å². The van der Waals surface area contributed by atoms with Crippen molar-refractivity contribution in [3.05, 3.63) is 53.6 Å². The molecule has 0 bridgehead atoms. The highest BCUT2D eigenvalue weighted by molar-refractivity contribution is 5.89. The molecule has 0 unspecified atom stereocenters. The topological polar surface area (TPSA) is 109 Å². The summed E-state index contributed by atoms with van der Waals surface area (Å²) in [6.07, 6.45) is -0.302. The number of benzene rings is 2. The minimum absolute atomic E-state index is 0.102. The minimum Gasteiger partial charge on any atom is -0.508 e. The van der Waals surface area contributed by atoms with Gasteiger partial charge in [0.1, 0.15) is 5.75 Å². The van der Waals surface area contributed by atoms with E-state index in [1.807, 2.05) is 0 Å². The highest BCUT2D eigenvalue weighted by atomic mass is 16.5. The number of hydrogen-bond acceptors (Lipinski definition) is 6. The molecule has 2 rings (SSSR count). The average Bonchev–Trinajstić information content (AvgIpc) is 2.56. The molecular formula is C17H16N2O5. The van der Waals surface area contributed by atoms with Gasteiger partial charge >= 0.3 is 11.9 Å². The molecule has 0 saturated heterocycles. The maximum atomic E-state index is 11.5. The van der Waals surface area contributed by atoms with E-state index < -0.39 is 11.9 Å². The maximum absolute atomic E-state index is 11.5. The number of carbonyl (C=O) groups is 2. The van der Waals surface area contributed by atoms with Crippen LogP contribution in [-0.4, -0.2) is 28.8 Å². The lowest BCUT2D eigenvalue weighted by molar-refractivity contribution is -0.136. The number of azo groups is 1. The summed E-state index contributed by atoms with van der Waals surface area (Å²) in [5.74, 6) is -1.55. The van der Waals surface area contributed by atoms with E-state index in [0.29, 0.717) is 23.5 Å².